The minimum Gasteiger partial charge on any atom is -0.372 e. The molecule has 170 valence electrons. The highest BCUT2D eigenvalue weighted by Gasteiger charge is 2.35. The topological polar surface area (TPSA) is 90.0 Å². The van der Waals surface area contributed by atoms with Crippen LogP contribution in [0.4, 0.5) is 17.1 Å². The van der Waals surface area contributed by atoms with Crippen LogP contribution in [0.5, 0.6) is 0 Å². The summed E-state index contributed by atoms with van der Waals surface area (Å²) in [6.07, 6.45) is 2.56. The Labute approximate surface area is 188 Å². The fourth-order valence-electron chi connectivity index (χ4n) is 4.12. The van der Waals surface area contributed by atoms with Crippen molar-refractivity contribution in [3.63, 3.8) is 0 Å². The number of sulfonamides is 1. The van der Waals surface area contributed by atoms with Crippen molar-refractivity contribution in [2.24, 2.45) is 5.92 Å². The second-order valence-corrected chi connectivity index (χ2v) is 10.6. The number of carbonyl (C=O) groups is 2. The van der Waals surface area contributed by atoms with Crippen molar-refractivity contribution in [2.45, 2.75) is 24.2 Å². The largest absolute Gasteiger partial charge is 0.372 e. The van der Waals surface area contributed by atoms with E-state index in [1.807, 2.05) is 24.3 Å². The molecule has 32 heavy (non-hydrogen) atoms. The Hall–Kier alpha value is -2.91. The van der Waals surface area contributed by atoms with Gasteiger partial charge in [0, 0.05) is 57.2 Å². The van der Waals surface area contributed by atoms with E-state index in [1.54, 1.807) is 17.0 Å². The van der Waals surface area contributed by atoms with Gasteiger partial charge in [0.05, 0.1) is 10.8 Å². The second-order valence-electron chi connectivity index (χ2n) is 8.42. The molecule has 8 nitrogen and oxygen atoms in total. The Balaban J connectivity index is 1.39. The average Bonchev–Trinajstić information content (AvgIpc) is 3.44. The third-order valence-corrected chi connectivity index (χ3v) is 7.86. The number of hydrogen-bond donors (Lipinski definition) is 1. The first-order chi connectivity index (χ1) is 15.3. The third-order valence-electron chi connectivity index (χ3n) is 6.03. The van der Waals surface area contributed by atoms with E-state index < -0.39 is 15.9 Å². The average molecular weight is 457 g/mol. The zero-order valence-electron chi connectivity index (χ0n) is 18.3. The van der Waals surface area contributed by atoms with E-state index in [0.29, 0.717) is 12.2 Å². The molecule has 0 bridgehead atoms. The van der Waals surface area contributed by atoms with Gasteiger partial charge in [-0.15, -0.1) is 0 Å². The van der Waals surface area contributed by atoms with Crippen molar-refractivity contribution in [1.29, 1.82) is 0 Å². The quantitative estimate of drug-likeness (QED) is 0.722. The maximum Gasteiger partial charge on any atom is 0.242 e. The highest BCUT2D eigenvalue weighted by Crippen LogP contribution is 2.29. The van der Waals surface area contributed by atoms with Gasteiger partial charge in [-0.2, -0.15) is 0 Å². The van der Waals surface area contributed by atoms with E-state index in [4.69, 9.17) is 0 Å². The van der Waals surface area contributed by atoms with Crippen molar-refractivity contribution in [1.82, 2.24) is 4.31 Å². The van der Waals surface area contributed by atoms with Gasteiger partial charge < -0.3 is 15.1 Å². The molecule has 2 amide bonds. The molecule has 0 aromatic heterocycles. The number of benzene rings is 2. The van der Waals surface area contributed by atoms with Crippen LogP contribution in [0.15, 0.2) is 53.4 Å². The van der Waals surface area contributed by atoms with Crippen molar-refractivity contribution < 1.29 is 18.0 Å². The minimum atomic E-state index is -3.53. The number of carbonyl (C=O) groups excluding carboxylic acids is 2. The molecule has 0 saturated carbocycles. The first-order valence-electron chi connectivity index (χ1n) is 10.7. The molecule has 2 aromatic rings. The van der Waals surface area contributed by atoms with Gasteiger partial charge in [-0.1, -0.05) is 0 Å². The molecule has 9 heteroatoms. The standard InChI is InChI=1S/C23H28N4O4S/c1-25(2)32(30,31)21-11-5-18(6-12-21)24-23(29)17-15-22(28)27(16-17)20-9-7-19(8-10-20)26-13-3-4-14-26/h5-12,17H,3-4,13-16H2,1-2H3,(H,24,29). The molecule has 2 aromatic carbocycles. The highest BCUT2D eigenvalue weighted by atomic mass is 32.2. The van der Waals surface area contributed by atoms with Gasteiger partial charge in [0.25, 0.3) is 0 Å². The number of nitrogens with zero attached hydrogens (tertiary/aromatic N) is 3. The predicted octanol–water partition coefficient (Wildman–Crippen LogP) is 2.53. The van der Waals surface area contributed by atoms with Crippen LogP contribution >= 0.6 is 0 Å². The zero-order chi connectivity index (χ0) is 22.9. The summed E-state index contributed by atoms with van der Waals surface area (Å²) in [5.41, 5.74) is 2.45. The van der Waals surface area contributed by atoms with Crippen LogP contribution in [0.25, 0.3) is 0 Å². The second kappa shape index (κ2) is 8.91. The summed E-state index contributed by atoms with van der Waals surface area (Å²) in [7, 11) is -0.593. The van der Waals surface area contributed by atoms with Gasteiger partial charge in [0.1, 0.15) is 0 Å². The number of anilines is 3. The van der Waals surface area contributed by atoms with E-state index >= 15 is 0 Å². The van der Waals surface area contributed by atoms with Crippen LogP contribution in [0.3, 0.4) is 0 Å². The molecule has 0 aliphatic carbocycles. The first-order valence-corrected chi connectivity index (χ1v) is 12.2. The van der Waals surface area contributed by atoms with Gasteiger partial charge in [-0.25, -0.2) is 12.7 Å². The molecule has 4 rings (SSSR count). The summed E-state index contributed by atoms with van der Waals surface area (Å²) in [6.45, 7) is 2.44. The molecule has 2 fully saturated rings. The molecule has 1 atom stereocenters. The van der Waals surface area contributed by atoms with Crippen LogP contribution < -0.4 is 15.1 Å². The van der Waals surface area contributed by atoms with Gasteiger partial charge in [0.2, 0.25) is 21.8 Å². The Morgan fingerprint density at radius 3 is 2.16 bits per heavy atom. The van der Waals surface area contributed by atoms with Crippen LogP contribution in [-0.2, 0) is 19.6 Å². The monoisotopic (exact) mass is 456 g/mol. The smallest absolute Gasteiger partial charge is 0.242 e. The van der Waals surface area contributed by atoms with Crippen LogP contribution in [0.1, 0.15) is 19.3 Å². The lowest BCUT2D eigenvalue weighted by Crippen LogP contribution is -2.28. The molecule has 2 aliphatic heterocycles. The van der Waals surface area contributed by atoms with Gasteiger partial charge in [-0.05, 0) is 61.4 Å². The summed E-state index contributed by atoms with van der Waals surface area (Å²) in [6, 6.07) is 14.0. The normalized spacial score (nSPS) is 19.1. The molecule has 2 aliphatic rings. The van der Waals surface area contributed by atoms with E-state index in [2.05, 4.69) is 10.2 Å². The highest BCUT2D eigenvalue weighted by molar-refractivity contribution is 7.89. The third kappa shape index (κ3) is 4.49. The van der Waals surface area contributed by atoms with E-state index in [1.165, 1.54) is 39.1 Å². The number of nitrogens with one attached hydrogen (secondary N) is 1. The summed E-state index contributed by atoms with van der Waals surface area (Å²) in [5, 5.41) is 2.80. The Morgan fingerprint density at radius 2 is 1.56 bits per heavy atom. The molecular weight excluding hydrogens is 428 g/mol. The lowest BCUT2D eigenvalue weighted by Gasteiger charge is -2.20. The maximum absolute atomic E-state index is 12.7. The summed E-state index contributed by atoms with van der Waals surface area (Å²) < 4.78 is 25.5. The Bertz CT molecular complexity index is 1090. The summed E-state index contributed by atoms with van der Waals surface area (Å²) >= 11 is 0. The lowest BCUT2D eigenvalue weighted by molar-refractivity contribution is -0.122. The molecule has 2 saturated heterocycles. The first kappa shape index (κ1) is 22.3. The fourth-order valence-corrected chi connectivity index (χ4v) is 5.02. The minimum absolute atomic E-state index is 0.0773. The predicted molar refractivity (Wildman–Crippen MR) is 124 cm³/mol. The van der Waals surface area contributed by atoms with Crippen molar-refractivity contribution >= 4 is 38.9 Å². The van der Waals surface area contributed by atoms with Crippen LogP contribution in [-0.4, -0.2) is 58.3 Å². The summed E-state index contributed by atoms with van der Waals surface area (Å²) in [5.74, 6) is -0.796. The van der Waals surface area contributed by atoms with Gasteiger partial charge >= 0.3 is 0 Å². The number of amides is 2. The van der Waals surface area contributed by atoms with E-state index in [9.17, 15) is 18.0 Å². The zero-order valence-corrected chi connectivity index (χ0v) is 19.1. The van der Waals surface area contributed by atoms with Crippen molar-refractivity contribution in [2.75, 3.05) is 48.8 Å². The lowest BCUT2D eigenvalue weighted by atomic mass is 10.1. The van der Waals surface area contributed by atoms with Crippen LogP contribution in [0, 0.1) is 5.92 Å². The maximum atomic E-state index is 12.7. The van der Waals surface area contributed by atoms with Crippen molar-refractivity contribution in [3.05, 3.63) is 48.5 Å². The summed E-state index contributed by atoms with van der Waals surface area (Å²) in [4.78, 5) is 29.4. The molecule has 1 N–H and O–H groups in total. The van der Waals surface area contributed by atoms with E-state index in [-0.39, 0.29) is 23.1 Å². The van der Waals surface area contributed by atoms with Crippen LogP contribution in [0.2, 0.25) is 0 Å². The van der Waals surface area contributed by atoms with Crippen molar-refractivity contribution in [3.8, 4) is 0 Å². The molecule has 0 spiro atoms. The SMILES string of the molecule is CN(C)S(=O)(=O)c1ccc(NC(=O)C2CC(=O)N(c3ccc(N4CCCC4)cc3)C2)cc1. The number of rotatable bonds is 6. The molecular formula is C23H28N4O4S. The molecule has 1 unspecified atom stereocenters. The Kier molecular flexibility index (Phi) is 6.21. The molecule has 0 radical (unpaired) electrons. The van der Waals surface area contributed by atoms with E-state index in [0.717, 1.165) is 28.8 Å². The van der Waals surface area contributed by atoms with Gasteiger partial charge in [-0.3, -0.25) is 9.59 Å². The Morgan fingerprint density at radius 1 is 0.969 bits per heavy atom. The number of hydrogen-bond acceptors (Lipinski definition) is 5. The fraction of sp³-hybridized carbons (Fsp3) is 0.391. The van der Waals surface area contributed by atoms with Gasteiger partial charge in [0.15, 0.2) is 0 Å². The molecule has 2 heterocycles.